The number of hydrogen-bond acceptors (Lipinski definition) is 6. The molecule has 18 heavy (non-hydrogen) atoms. The quantitative estimate of drug-likeness (QED) is 0.811. The highest BCUT2D eigenvalue weighted by atomic mass is 32.2. The smallest absolute Gasteiger partial charge is 0.313 e. The number of aliphatic carboxylic acids is 1. The van der Waals surface area contributed by atoms with Gasteiger partial charge < -0.3 is 10.0 Å². The van der Waals surface area contributed by atoms with Gasteiger partial charge in [0.25, 0.3) is 0 Å². The standard InChI is InChI=1S/C11H17N3O2S2/c1-2-14(8-5-3-4-6-8)10-12-13-11(18-10)17-7-9(15)16/h8H,2-7H2,1H3,(H,15,16). The van der Waals surface area contributed by atoms with E-state index in [2.05, 4.69) is 22.0 Å². The van der Waals surface area contributed by atoms with E-state index in [4.69, 9.17) is 5.11 Å². The molecule has 0 aromatic carbocycles. The number of nitrogens with zero attached hydrogens (tertiary/aromatic N) is 3. The Labute approximate surface area is 115 Å². The van der Waals surface area contributed by atoms with Crippen LogP contribution in [0.3, 0.4) is 0 Å². The van der Waals surface area contributed by atoms with Crippen LogP contribution in [-0.2, 0) is 4.79 Å². The topological polar surface area (TPSA) is 66.3 Å². The van der Waals surface area contributed by atoms with Crippen molar-refractivity contribution in [3.63, 3.8) is 0 Å². The van der Waals surface area contributed by atoms with Gasteiger partial charge in [-0.05, 0) is 19.8 Å². The minimum absolute atomic E-state index is 0.0458. The first-order valence-corrected chi connectivity index (χ1v) is 7.95. The molecular weight excluding hydrogens is 270 g/mol. The van der Waals surface area contributed by atoms with Gasteiger partial charge in [0.2, 0.25) is 5.13 Å². The molecule has 0 spiro atoms. The first-order valence-electron chi connectivity index (χ1n) is 6.15. The highest BCUT2D eigenvalue weighted by molar-refractivity contribution is 8.01. The van der Waals surface area contributed by atoms with Crippen molar-refractivity contribution in [1.82, 2.24) is 10.2 Å². The zero-order valence-corrected chi connectivity index (χ0v) is 12.0. The summed E-state index contributed by atoms with van der Waals surface area (Å²) >= 11 is 2.74. The summed E-state index contributed by atoms with van der Waals surface area (Å²) in [5, 5.41) is 17.8. The summed E-state index contributed by atoms with van der Waals surface area (Å²) in [4.78, 5) is 12.8. The molecule has 1 aliphatic carbocycles. The van der Waals surface area contributed by atoms with E-state index in [9.17, 15) is 4.79 Å². The highest BCUT2D eigenvalue weighted by Gasteiger charge is 2.24. The van der Waals surface area contributed by atoms with Gasteiger partial charge >= 0.3 is 5.97 Å². The number of carboxylic acids is 1. The minimum Gasteiger partial charge on any atom is -0.481 e. The molecule has 100 valence electrons. The van der Waals surface area contributed by atoms with Crippen LogP contribution in [0.4, 0.5) is 5.13 Å². The zero-order chi connectivity index (χ0) is 13.0. The van der Waals surface area contributed by atoms with Crippen LogP contribution < -0.4 is 4.90 Å². The van der Waals surface area contributed by atoms with Crippen molar-refractivity contribution < 1.29 is 9.90 Å². The number of aromatic nitrogens is 2. The SMILES string of the molecule is CCN(c1nnc(SCC(=O)O)s1)C1CCCC1. The second-order valence-corrected chi connectivity index (χ2v) is 6.44. The average Bonchev–Trinajstić information content (AvgIpc) is 2.99. The molecule has 1 aliphatic rings. The van der Waals surface area contributed by atoms with E-state index in [-0.39, 0.29) is 5.75 Å². The lowest BCUT2D eigenvalue weighted by Crippen LogP contribution is -2.32. The molecule has 0 unspecified atom stereocenters. The van der Waals surface area contributed by atoms with Gasteiger partial charge in [-0.2, -0.15) is 0 Å². The predicted molar refractivity (Wildman–Crippen MR) is 73.5 cm³/mol. The molecule has 1 aromatic heterocycles. The molecule has 1 fully saturated rings. The summed E-state index contributed by atoms with van der Waals surface area (Å²) in [7, 11) is 0. The molecule has 0 saturated heterocycles. The maximum Gasteiger partial charge on any atom is 0.313 e. The Bertz CT molecular complexity index is 405. The summed E-state index contributed by atoms with van der Waals surface area (Å²) in [5.74, 6) is -0.774. The molecule has 1 heterocycles. The van der Waals surface area contributed by atoms with Crippen molar-refractivity contribution >= 4 is 34.2 Å². The molecule has 0 amide bonds. The third-order valence-electron chi connectivity index (χ3n) is 3.07. The molecule has 0 atom stereocenters. The molecule has 7 heteroatoms. The van der Waals surface area contributed by atoms with Crippen molar-refractivity contribution in [2.45, 2.75) is 43.0 Å². The first kappa shape index (κ1) is 13.6. The Morgan fingerprint density at radius 2 is 2.22 bits per heavy atom. The maximum atomic E-state index is 10.5. The molecule has 0 radical (unpaired) electrons. The van der Waals surface area contributed by atoms with Gasteiger partial charge in [-0.1, -0.05) is 35.9 Å². The van der Waals surface area contributed by atoms with Gasteiger partial charge in [-0.15, -0.1) is 10.2 Å². The average molecular weight is 287 g/mol. The monoisotopic (exact) mass is 287 g/mol. The van der Waals surface area contributed by atoms with Crippen LogP contribution in [0, 0.1) is 0 Å². The lowest BCUT2D eigenvalue weighted by Gasteiger charge is -2.26. The van der Waals surface area contributed by atoms with Crippen LogP contribution in [0.5, 0.6) is 0 Å². The Morgan fingerprint density at radius 1 is 1.50 bits per heavy atom. The summed E-state index contributed by atoms with van der Waals surface area (Å²) in [6.45, 7) is 3.06. The molecule has 2 rings (SSSR count). The summed E-state index contributed by atoms with van der Waals surface area (Å²) < 4.78 is 0.740. The minimum atomic E-state index is -0.820. The van der Waals surface area contributed by atoms with E-state index in [0.29, 0.717) is 6.04 Å². The van der Waals surface area contributed by atoms with Gasteiger partial charge in [0.05, 0.1) is 5.75 Å². The molecule has 1 N–H and O–H groups in total. The zero-order valence-electron chi connectivity index (χ0n) is 10.3. The van der Waals surface area contributed by atoms with Crippen LogP contribution in [0.25, 0.3) is 0 Å². The largest absolute Gasteiger partial charge is 0.481 e. The normalized spacial score (nSPS) is 16.1. The van der Waals surface area contributed by atoms with Crippen LogP contribution in [0.1, 0.15) is 32.6 Å². The van der Waals surface area contributed by atoms with E-state index < -0.39 is 5.97 Å². The van der Waals surface area contributed by atoms with E-state index >= 15 is 0 Å². The van der Waals surface area contributed by atoms with E-state index in [1.807, 2.05) is 0 Å². The summed E-state index contributed by atoms with van der Waals surface area (Å²) in [6.07, 6.45) is 5.04. The highest BCUT2D eigenvalue weighted by Crippen LogP contribution is 2.32. The van der Waals surface area contributed by atoms with Gasteiger partial charge in [0, 0.05) is 12.6 Å². The fourth-order valence-corrected chi connectivity index (χ4v) is 3.96. The van der Waals surface area contributed by atoms with Crippen molar-refractivity contribution in [3.8, 4) is 0 Å². The van der Waals surface area contributed by atoms with Crippen molar-refractivity contribution in [1.29, 1.82) is 0 Å². The third-order valence-corrected chi connectivity index (χ3v) is 5.15. The second-order valence-electron chi connectivity index (χ2n) is 4.26. The van der Waals surface area contributed by atoms with E-state index in [0.717, 1.165) is 16.0 Å². The Morgan fingerprint density at radius 3 is 2.83 bits per heavy atom. The summed E-state index contributed by atoms with van der Waals surface area (Å²) in [6, 6.07) is 0.584. The Kier molecular flexibility index (Phi) is 4.82. The fourth-order valence-electron chi connectivity index (χ4n) is 2.27. The number of carboxylic acid groups (broad SMARTS) is 1. The molecule has 0 bridgehead atoms. The van der Waals surface area contributed by atoms with E-state index in [1.54, 1.807) is 0 Å². The van der Waals surface area contributed by atoms with Gasteiger partial charge in [0.15, 0.2) is 4.34 Å². The van der Waals surface area contributed by atoms with Gasteiger partial charge in [-0.25, -0.2) is 0 Å². The lowest BCUT2D eigenvalue weighted by atomic mass is 10.2. The van der Waals surface area contributed by atoms with E-state index in [1.165, 1.54) is 48.8 Å². The van der Waals surface area contributed by atoms with Crippen molar-refractivity contribution in [2.24, 2.45) is 0 Å². The van der Waals surface area contributed by atoms with Crippen LogP contribution in [0.15, 0.2) is 4.34 Å². The fraction of sp³-hybridized carbons (Fsp3) is 0.727. The number of thioether (sulfide) groups is 1. The predicted octanol–water partition coefficient (Wildman–Crippen LogP) is 2.48. The second kappa shape index (κ2) is 6.38. The molecule has 1 saturated carbocycles. The molecular formula is C11H17N3O2S2. The Hall–Kier alpha value is -0.820. The maximum absolute atomic E-state index is 10.5. The number of anilines is 1. The molecule has 1 aromatic rings. The number of rotatable bonds is 6. The number of hydrogen-bond donors (Lipinski definition) is 1. The molecule has 5 nitrogen and oxygen atoms in total. The Balaban J connectivity index is 2.00. The summed E-state index contributed by atoms with van der Waals surface area (Å²) in [5.41, 5.74) is 0. The van der Waals surface area contributed by atoms with Crippen LogP contribution >= 0.6 is 23.1 Å². The molecule has 0 aliphatic heterocycles. The van der Waals surface area contributed by atoms with Crippen molar-refractivity contribution in [3.05, 3.63) is 0 Å². The van der Waals surface area contributed by atoms with Crippen LogP contribution in [0.2, 0.25) is 0 Å². The van der Waals surface area contributed by atoms with Gasteiger partial charge in [0.1, 0.15) is 0 Å². The number of carbonyl (C=O) groups is 1. The first-order chi connectivity index (χ1) is 8.70. The lowest BCUT2D eigenvalue weighted by molar-refractivity contribution is -0.133. The van der Waals surface area contributed by atoms with Crippen molar-refractivity contribution in [2.75, 3.05) is 17.2 Å². The van der Waals surface area contributed by atoms with Crippen LogP contribution in [-0.4, -0.2) is 39.6 Å². The van der Waals surface area contributed by atoms with Gasteiger partial charge in [-0.3, -0.25) is 4.79 Å². The third kappa shape index (κ3) is 3.35.